The highest BCUT2D eigenvalue weighted by atomic mass is 16.5. The van der Waals surface area contributed by atoms with Crippen LogP contribution in [0.3, 0.4) is 0 Å². The average Bonchev–Trinajstić information content (AvgIpc) is 2.80. The molecular formula is C25H29N5O2. The van der Waals surface area contributed by atoms with Crippen LogP contribution >= 0.6 is 0 Å². The molecule has 0 unspecified atom stereocenters. The third-order valence-corrected chi connectivity index (χ3v) is 5.34. The number of hydrogen-bond donors (Lipinski definition) is 2. The molecule has 2 N–H and O–H groups in total. The SMILES string of the molecule is Cc1ccc(OCC(=O)Nc2ccc(Nc3nc(C)cc(N4CCCCC4)n3)cc2)cc1. The van der Waals surface area contributed by atoms with E-state index in [1.807, 2.05) is 68.4 Å². The number of anilines is 4. The molecule has 1 aromatic heterocycles. The largest absolute Gasteiger partial charge is 0.484 e. The van der Waals surface area contributed by atoms with E-state index < -0.39 is 0 Å². The van der Waals surface area contributed by atoms with E-state index >= 15 is 0 Å². The number of rotatable bonds is 7. The molecular weight excluding hydrogens is 402 g/mol. The number of aromatic nitrogens is 2. The van der Waals surface area contributed by atoms with E-state index in [2.05, 4.69) is 20.5 Å². The molecule has 0 atom stereocenters. The van der Waals surface area contributed by atoms with E-state index in [0.717, 1.165) is 35.9 Å². The van der Waals surface area contributed by atoms with Crippen LogP contribution in [0.5, 0.6) is 5.75 Å². The molecule has 0 saturated carbocycles. The normalized spacial score (nSPS) is 13.5. The first-order chi connectivity index (χ1) is 15.5. The van der Waals surface area contributed by atoms with Gasteiger partial charge in [-0.05, 0) is 69.5 Å². The zero-order chi connectivity index (χ0) is 22.3. The molecule has 1 fully saturated rings. The lowest BCUT2D eigenvalue weighted by atomic mass is 10.1. The second-order valence-electron chi connectivity index (χ2n) is 8.09. The predicted molar refractivity (Wildman–Crippen MR) is 128 cm³/mol. The average molecular weight is 432 g/mol. The molecule has 1 aliphatic rings. The van der Waals surface area contributed by atoms with Crippen molar-refractivity contribution < 1.29 is 9.53 Å². The lowest BCUT2D eigenvalue weighted by molar-refractivity contribution is -0.118. The van der Waals surface area contributed by atoms with Crippen LogP contribution in [0.25, 0.3) is 0 Å². The summed E-state index contributed by atoms with van der Waals surface area (Å²) in [7, 11) is 0. The maximum atomic E-state index is 12.2. The van der Waals surface area contributed by atoms with Crippen LogP contribution in [-0.2, 0) is 4.79 Å². The van der Waals surface area contributed by atoms with Gasteiger partial charge in [0.15, 0.2) is 6.61 Å². The number of hydrogen-bond acceptors (Lipinski definition) is 6. The second-order valence-corrected chi connectivity index (χ2v) is 8.09. The number of aryl methyl sites for hydroxylation is 2. The molecule has 1 saturated heterocycles. The minimum absolute atomic E-state index is 0.0422. The van der Waals surface area contributed by atoms with Gasteiger partial charge in [-0.15, -0.1) is 0 Å². The van der Waals surface area contributed by atoms with Crippen LogP contribution in [0.4, 0.5) is 23.1 Å². The Bertz CT molecular complexity index is 1040. The number of piperidine rings is 1. The van der Waals surface area contributed by atoms with E-state index in [1.165, 1.54) is 19.3 Å². The standard InChI is InChI=1S/C25H29N5O2/c1-18-6-12-22(13-7-18)32-17-24(31)27-20-8-10-21(11-9-20)28-25-26-19(2)16-23(29-25)30-14-4-3-5-15-30/h6-13,16H,3-5,14-15,17H2,1-2H3,(H,27,31)(H,26,28,29). The van der Waals surface area contributed by atoms with E-state index in [-0.39, 0.29) is 12.5 Å². The Morgan fingerprint density at radius 3 is 2.34 bits per heavy atom. The fraction of sp³-hybridized carbons (Fsp3) is 0.320. The number of amides is 1. The van der Waals surface area contributed by atoms with Crippen molar-refractivity contribution in [1.82, 2.24) is 9.97 Å². The Morgan fingerprint density at radius 2 is 1.62 bits per heavy atom. The summed E-state index contributed by atoms with van der Waals surface area (Å²) in [5.74, 6) is 2.01. The lowest BCUT2D eigenvalue weighted by Crippen LogP contribution is -2.30. The summed E-state index contributed by atoms with van der Waals surface area (Å²) in [5.41, 5.74) is 3.64. The first-order valence-electron chi connectivity index (χ1n) is 11.0. The highest BCUT2D eigenvalue weighted by molar-refractivity contribution is 5.92. The van der Waals surface area contributed by atoms with Crippen LogP contribution in [0, 0.1) is 13.8 Å². The molecule has 32 heavy (non-hydrogen) atoms. The second kappa shape index (κ2) is 10.1. The molecule has 1 amide bonds. The van der Waals surface area contributed by atoms with Crippen molar-refractivity contribution in [2.24, 2.45) is 0 Å². The monoisotopic (exact) mass is 431 g/mol. The predicted octanol–water partition coefficient (Wildman–Crippen LogP) is 4.84. The molecule has 0 aliphatic carbocycles. The quantitative estimate of drug-likeness (QED) is 0.557. The summed E-state index contributed by atoms with van der Waals surface area (Å²) >= 11 is 0. The van der Waals surface area contributed by atoms with Gasteiger partial charge < -0.3 is 20.3 Å². The minimum atomic E-state index is -0.209. The zero-order valence-electron chi connectivity index (χ0n) is 18.6. The topological polar surface area (TPSA) is 79.4 Å². The van der Waals surface area contributed by atoms with Crippen molar-refractivity contribution in [3.8, 4) is 5.75 Å². The van der Waals surface area contributed by atoms with Crippen molar-refractivity contribution in [3.05, 3.63) is 65.9 Å². The van der Waals surface area contributed by atoms with E-state index in [0.29, 0.717) is 17.4 Å². The van der Waals surface area contributed by atoms with Gasteiger partial charge >= 0.3 is 0 Å². The number of benzene rings is 2. The molecule has 0 bridgehead atoms. The molecule has 2 heterocycles. The summed E-state index contributed by atoms with van der Waals surface area (Å²) in [5, 5.41) is 6.12. The van der Waals surface area contributed by atoms with Crippen LogP contribution in [0.1, 0.15) is 30.5 Å². The van der Waals surface area contributed by atoms with Crippen molar-refractivity contribution in [2.75, 3.05) is 35.2 Å². The van der Waals surface area contributed by atoms with Crippen LogP contribution in [0.2, 0.25) is 0 Å². The Kier molecular flexibility index (Phi) is 6.84. The van der Waals surface area contributed by atoms with Gasteiger partial charge in [-0.3, -0.25) is 4.79 Å². The Morgan fingerprint density at radius 1 is 0.938 bits per heavy atom. The third kappa shape index (κ3) is 5.97. The fourth-order valence-electron chi connectivity index (χ4n) is 3.64. The number of carbonyl (C=O) groups excluding carboxylic acids is 1. The highest BCUT2D eigenvalue weighted by Crippen LogP contribution is 2.22. The van der Waals surface area contributed by atoms with Gasteiger partial charge in [0.1, 0.15) is 11.6 Å². The number of nitrogens with zero attached hydrogens (tertiary/aromatic N) is 3. The molecule has 0 radical (unpaired) electrons. The van der Waals surface area contributed by atoms with Crippen molar-refractivity contribution in [2.45, 2.75) is 33.1 Å². The molecule has 7 nitrogen and oxygen atoms in total. The number of nitrogens with one attached hydrogen (secondary N) is 2. The van der Waals surface area contributed by atoms with Gasteiger partial charge in [0.25, 0.3) is 5.91 Å². The summed E-state index contributed by atoms with van der Waals surface area (Å²) < 4.78 is 5.53. The van der Waals surface area contributed by atoms with Crippen molar-refractivity contribution in [3.63, 3.8) is 0 Å². The minimum Gasteiger partial charge on any atom is -0.484 e. The molecule has 7 heteroatoms. The fourth-order valence-corrected chi connectivity index (χ4v) is 3.64. The van der Waals surface area contributed by atoms with E-state index in [1.54, 1.807) is 0 Å². The first-order valence-corrected chi connectivity index (χ1v) is 11.0. The highest BCUT2D eigenvalue weighted by Gasteiger charge is 2.14. The van der Waals surface area contributed by atoms with Gasteiger partial charge in [0.05, 0.1) is 0 Å². The number of ether oxygens (including phenoxy) is 1. The lowest BCUT2D eigenvalue weighted by Gasteiger charge is -2.28. The van der Waals surface area contributed by atoms with Gasteiger partial charge in [-0.2, -0.15) is 4.98 Å². The first kappa shape index (κ1) is 21.6. The summed E-state index contributed by atoms with van der Waals surface area (Å²) in [6.45, 7) is 6.03. The molecule has 4 rings (SSSR count). The molecule has 0 spiro atoms. The van der Waals surface area contributed by atoms with Crippen molar-refractivity contribution >= 4 is 29.0 Å². The molecule has 2 aromatic carbocycles. The maximum absolute atomic E-state index is 12.2. The third-order valence-electron chi connectivity index (χ3n) is 5.34. The van der Waals surface area contributed by atoms with E-state index in [9.17, 15) is 4.79 Å². The van der Waals surface area contributed by atoms with Gasteiger partial charge in [0, 0.05) is 36.2 Å². The smallest absolute Gasteiger partial charge is 0.262 e. The molecule has 1 aliphatic heterocycles. The summed E-state index contributed by atoms with van der Waals surface area (Å²) in [4.78, 5) is 23.7. The maximum Gasteiger partial charge on any atom is 0.262 e. The summed E-state index contributed by atoms with van der Waals surface area (Å²) in [6, 6.07) is 17.1. The Hall–Kier alpha value is -3.61. The van der Waals surface area contributed by atoms with Crippen molar-refractivity contribution in [1.29, 1.82) is 0 Å². The van der Waals surface area contributed by atoms with Crippen LogP contribution < -0.4 is 20.3 Å². The Labute approximate surface area is 188 Å². The van der Waals surface area contributed by atoms with Crippen LogP contribution in [-0.4, -0.2) is 35.6 Å². The molecule has 3 aromatic rings. The van der Waals surface area contributed by atoms with Gasteiger partial charge in [-0.25, -0.2) is 4.98 Å². The van der Waals surface area contributed by atoms with E-state index in [4.69, 9.17) is 9.72 Å². The molecule has 166 valence electrons. The zero-order valence-corrected chi connectivity index (χ0v) is 18.6. The van der Waals surface area contributed by atoms with Gasteiger partial charge in [-0.1, -0.05) is 17.7 Å². The van der Waals surface area contributed by atoms with Crippen LogP contribution in [0.15, 0.2) is 54.6 Å². The van der Waals surface area contributed by atoms with Gasteiger partial charge in [0.2, 0.25) is 5.95 Å². The number of carbonyl (C=O) groups is 1. The Balaban J connectivity index is 1.33. The summed E-state index contributed by atoms with van der Waals surface area (Å²) in [6.07, 6.45) is 3.69.